The predicted molar refractivity (Wildman–Crippen MR) is 83.1 cm³/mol. The second kappa shape index (κ2) is 6.26. The molecule has 21 heavy (non-hydrogen) atoms. The third-order valence-corrected chi connectivity index (χ3v) is 4.02. The Morgan fingerprint density at radius 2 is 1.67 bits per heavy atom. The van der Waals surface area contributed by atoms with Gasteiger partial charge in [-0.25, -0.2) is 0 Å². The molecule has 0 atom stereocenters. The number of hydrogen-bond acceptors (Lipinski definition) is 3. The quantitative estimate of drug-likeness (QED) is 0.750. The van der Waals surface area contributed by atoms with Gasteiger partial charge in [-0.05, 0) is 51.8 Å². The smallest absolute Gasteiger partial charge is 0.303 e. The summed E-state index contributed by atoms with van der Waals surface area (Å²) in [5.41, 5.74) is 6.29. The molecule has 5 heteroatoms. The molecule has 0 unspecified atom stereocenters. The Morgan fingerprint density at radius 1 is 1.14 bits per heavy atom. The van der Waals surface area contributed by atoms with Crippen molar-refractivity contribution in [3.63, 3.8) is 0 Å². The minimum Gasteiger partial charge on any atom is -0.481 e. The minimum atomic E-state index is -0.820. The molecule has 0 spiro atoms. The van der Waals surface area contributed by atoms with E-state index in [1.54, 1.807) is 12.1 Å². The van der Waals surface area contributed by atoms with Crippen LogP contribution in [0.15, 0.2) is 24.3 Å². The molecule has 0 saturated carbocycles. The molecular weight excluding hydrogens is 268 g/mol. The van der Waals surface area contributed by atoms with Gasteiger partial charge in [-0.3, -0.25) is 9.59 Å². The van der Waals surface area contributed by atoms with Gasteiger partial charge in [0.2, 0.25) is 5.91 Å². The number of amides is 1. The van der Waals surface area contributed by atoms with Crippen LogP contribution in [0.1, 0.15) is 39.7 Å². The average molecular weight is 292 g/mol. The summed E-state index contributed by atoms with van der Waals surface area (Å²) < 4.78 is 0. The Balaban J connectivity index is 2.72. The van der Waals surface area contributed by atoms with Gasteiger partial charge in [-0.15, -0.1) is 0 Å². The highest BCUT2D eigenvalue weighted by Gasteiger charge is 2.40. The van der Waals surface area contributed by atoms with E-state index in [1.807, 2.05) is 39.8 Å². The molecule has 0 aliphatic carbocycles. The fraction of sp³-hybridized carbons (Fsp3) is 0.500. The van der Waals surface area contributed by atoms with Gasteiger partial charge in [0.15, 0.2) is 0 Å². The van der Waals surface area contributed by atoms with Crippen molar-refractivity contribution in [2.75, 3.05) is 5.32 Å². The van der Waals surface area contributed by atoms with Crippen molar-refractivity contribution in [1.82, 2.24) is 0 Å². The van der Waals surface area contributed by atoms with Crippen LogP contribution in [0.25, 0.3) is 0 Å². The first-order valence-corrected chi connectivity index (χ1v) is 6.95. The summed E-state index contributed by atoms with van der Waals surface area (Å²) in [6.45, 7) is 7.26. The first kappa shape index (κ1) is 17.2. The number of hydrogen-bond donors (Lipinski definition) is 3. The highest BCUT2D eigenvalue weighted by molar-refractivity contribution is 5.95. The van der Waals surface area contributed by atoms with Crippen LogP contribution < -0.4 is 11.1 Å². The van der Waals surface area contributed by atoms with Crippen LogP contribution in [0.3, 0.4) is 0 Å². The van der Waals surface area contributed by atoms with Crippen LogP contribution in [-0.2, 0) is 16.0 Å². The zero-order chi connectivity index (χ0) is 16.3. The van der Waals surface area contributed by atoms with Crippen molar-refractivity contribution in [3.8, 4) is 0 Å². The van der Waals surface area contributed by atoms with Crippen molar-refractivity contribution in [2.45, 2.75) is 46.1 Å². The first-order valence-electron chi connectivity index (χ1n) is 6.95. The summed E-state index contributed by atoms with van der Waals surface area (Å²) in [6, 6.07) is 7.18. The number of carboxylic acid groups (broad SMARTS) is 1. The highest BCUT2D eigenvalue weighted by atomic mass is 16.4. The van der Waals surface area contributed by atoms with Gasteiger partial charge in [0, 0.05) is 17.6 Å². The van der Waals surface area contributed by atoms with Crippen molar-refractivity contribution in [2.24, 2.45) is 11.1 Å². The molecule has 0 heterocycles. The average Bonchev–Trinajstić information content (AvgIpc) is 2.36. The van der Waals surface area contributed by atoms with E-state index in [4.69, 9.17) is 10.8 Å². The standard InChI is InChI=1S/C16H24N2O3/c1-15(2,16(3,4)17)14(21)18-12-8-5-11(6-9-12)7-10-13(19)20/h5-6,8-9H,7,10,17H2,1-4H3,(H,18,21)(H,19,20). The van der Waals surface area contributed by atoms with E-state index >= 15 is 0 Å². The van der Waals surface area contributed by atoms with Gasteiger partial charge in [0.25, 0.3) is 0 Å². The molecule has 5 nitrogen and oxygen atoms in total. The van der Waals surface area contributed by atoms with E-state index in [0.29, 0.717) is 12.1 Å². The number of carbonyl (C=O) groups excluding carboxylic acids is 1. The fourth-order valence-corrected chi connectivity index (χ4v) is 1.59. The summed E-state index contributed by atoms with van der Waals surface area (Å²) in [6.07, 6.45) is 0.574. The van der Waals surface area contributed by atoms with E-state index in [9.17, 15) is 9.59 Å². The largest absolute Gasteiger partial charge is 0.481 e. The normalized spacial score (nSPS) is 12.0. The number of aryl methyl sites for hydroxylation is 1. The van der Waals surface area contributed by atoms with E-state index in [0.717, 1.165) is 5.56 Å². The van der Waals surface area contributed by atoms with E-state index in [2.05, 4.69) is 5.32 Å². The van der Waals surface area contributed by atoms with Gasteiger partial charge < -0.3 is 16.2 Å². The third kappa shape index (κ3) is 4.56. The molecule has 0 radical (unpaired) electrons. The molecule has 0 fully saturated rings. The molecule has 1 amide bonds. The van der Waals surface area contributed by atoms with Crippen molar-refractivity contribution < 1.29 is 14.7 Å². The third-order valence-electron chi connectivity index (χ3n) is 4.02. The maximum Gasteiger partial charge on any atom is 0.303 e. The molecule has 4 N–H and O–H groups in total. The van der Waals surface area contributed by atoms with Crippen LogP contribution >= 0.6 is 0 Å². The van der Waals surface area contributed by atoms with Gasteiger partial charge in [-0.1, -0.05) is 12.1 Å². The topological polar surface area (TPSA) is 92.4 Å². The number of carbonyl (C=O) groups is 2. The van der Waals surface area contributed by atoms with Gasteiger partial charge in [0.05, 0.1) is 5.41 Å². The maximum absolute atomic E-state index is 12.3. The monoisotopic (exact) mass is 292 g/mol. The molecule has 0 aliphatic heterocycles. The SMILES string of the molecule is CC(C)(N)C(C)(C)C(=O)Nc1ccc(CCC(=O)O)cc1. The molecule has 0 bridgehead atoms. The molecule has 116 valence electrons. The van der Waals surface area contributed by atoms with Crippen LogP contribution in [-0.4, -0.2) is 22.5 Å². The van der Waals surface area contributed by atoms with Crippen LogP contribution in [0.4, 0.5) is 5.69 Å². The van der Waals surface area contributed by atoms with E-state index in [1.165, 1.54) is 0 Å². The molecule has 0 aliphatic rings. The number of anilines is 1. The number of benzene rings is 1. The Morgan fingerprint density at radius 3 is 2.10 bits per heavy atom. The predicted octanol–water partition coefficient (Wildman–Crippen LogP) is 2.41. The van der Waals surface area contributed by atoms with Crippen molar-refractivity contribution in [1.29, 1.82) is 0 Å². The number of aliphatic carboxylic acids is 1. The Kier molecular flexibility index (Phi) is 5.12. The van der Waals surface area contributed by atoms with Gasteiger partial charge in [-0.2, -0.15) is 0 Å². The number of carboxylic acids is 1. The fourth-order valence-electron chi connectivity index (χ4n) is 1.59. The van der Waals surface area contributed by atoms with Crippen LogP contribution in [0.5, 0.6) is 0 Å². The molecule has 0 saturated heterocycles. The minimum absolute atomic E-state index is 0.0973. The lowest BCUT2D eigenvalue weighted by Crippen LogP contribution is -2.53. The lowest BCUT2D eigenvalue weighted by molar-refractivity contribution is -0.137. The molecule has 0 aromatic heterocycles. The molecule has 1 rings (SSSR count). The Labute approximate surface area is 125 Å². The van der Waals surface area contributed by atoms with Crippen molar-refractivity contribution >= 4 is 17.6 Å². The van der Waals surface area contributed by atoms with Gasteiger partial charge >= 0.3 is 5.97 Å². The zero-order valence-corrected chi connectivity index (χ0v) is 13.1. The summed E-state index contributed by atoms with van der Waals surface area (Å²) >= 11 is 0. The second-order valence-corrected chi connectivity index (χ2v) is 6.39. The zero-order valence-electron chi connectivity index (χ0n) is 13.1. The van der Waals surface area contributed by atoms with Crippen LogP contribution in [0, 0.1) is 5.41 Å². The second-order valence-electron chi connectivity index (χ2n) is 6.39. The number of nitrogens with two attached hydrogens (primary N) is 1. The van der Waals surface area contributed by atoms with E-state index in [-0.39, 0.29) is 12.3 Å². The first-order chi connectivity index (χ1) is 9.54. The van der Waals surface area contributed by atoms with Crippen LogP contribution in [0.2, 0.25) is 0 Å². The lowest BCUT2D eigenvalue weighted by atomic mass is 9.74. The van der Waals surface area contributed by atoms with Crippen molar-refractivity contribution in [3.05, 3.63) is 29.8 Å². The Hall–Kier alpha value is -1.88. The summed E-state index contributed by atoms with van der Waals surface area (Å²) in [5.74, 6) is -0.965. The Bertz CT molecular complexity index is 513. The summed E-state index contributed by atoms with van der Waals surface area (Å²) in [7, 11) is 0. The number of rotatable bonds is 6. The number of nitrogens with one attached hydrogen (secondary N) is 1. The maximum atomic E-state index is 12.3. The summed E-state index contributed by atoms with van der Waals surface area (Å²) in [5, 5.41) is 11.5. The molecule has 1 aromatic rings. The van der Waals surface area contributed by atoms with E-state index < -0.39 is 16.9 Å². The highest BCUT2D eigenvalue weighted by Crippen LogP contribution is 2.29. The summed E-state index contributed by atoms with van der Waals surface area (Å²) in [4.78, 5) is 22.8. The molecular formula is C16H24N2O3. The molecule has 1 aromatic carbocycles. The van der Waals surface area contributed by atoms with Gasteiger partial charge in [0.1, 0.15) is 0 Å². The lowest BCUT2D eigenvalue weighted by Gasteiger charge is -2.36.